The van der Waals surface area contributed by atoms with Crippen LogP contribution in [0.25, 0.3) is 0 Å². The molecule has 0 spiro atoms. The molecule has 0 aromatic heterocycles. The van der Waals surface area contributed by atoms with Crippen molar-refractivity contribution in [1.82, 2.24) is 4.90 Å². The Labute approximate surface area is 144 Å². The van der Waals surface area contributed by atoms with Gasteiger partial charge < -0.3 is 10.0 Å². The summed E-state index contributed by atoms with van der Waals surface area (Å²) in [5, 5.41) is 18.2. The molecule has 1 heterocycles. The lowest BCUT2D eigenvalue weighted by Gasteiger charge is -2.32. The summed E-state index contributed by atoms with van der Waals surface area (Å²) >= 11 is 5.79. The van der Waals surface area contributed by atoms with Crippen LogP contribution in [-0.2, 0) is 4.79 Å². The first-order valence-corrected chi connectivity index (χ1v) is 7.81. The van der Waals surface area contributed by atoms with Crippen LogP contribution in [0, 0.1) is 23.1 Å². The number of hydrogen-bond donors (Lipinski definition) is 1. The molecule has 1 saturated heterocycles. The van der Waals surface area contributed by atoms with Crippen molar-refractivity contribution in [3.8, 4) is 6.07 Å². The highest BCUT2D eigenvalue weighted by atomic mass is 35.5. The Balaban J connectivity index is 2.37. The Kier molecular flexibility index (Phi) is 5.30. The molecule has 2 unspecified atom stereocenters. The van der Waals surface area contributed by atoms with E-state index in [9.17, 15) is 19.1 Å². The van der Waals surface area contributed by atoms with E-state index in [1.165, 1.54) is 17.0 Å². The van der Waals surface area contributed by atoms with Gasteiger partial charge in [0.05, 0.1) is 17.0 Å². The van der Waals surface area contributed by atoms with E-state index in [1.807, 2.05) is 6.07 Å². The van der Waals surface area contributed by atoms with Crippen LogP contribution in [-0.4, -0.2) is 40.6 Å². The zero-order chi connectivity index (χ0) is 18.0. The molecule has 0 radical (unpaired) electrons. The topological polar surface area (TPSA) is 84.6 Å². The van der Waals surface area contributed by atoms with Gasteiger partial charge in [0.15, 0.2) is 0 Å². The van der Waals surface area contributed by atoms with Gasteiger partial charge in [-0.15, -0.1) is 0 Å². The molecule has 2 rings (SSSR count). The van der Waals surface area contributed by atoms with Crippen molar-refractivity contribution in [3.63, 3.8) is 0 Å². The zero-order valence-corrected chi connectivity index (χ0v) is 14.0. The van der Waals surface area contributed by atoms with Gasteiger partial charge in [-0.3, -0.25) is 9.69 Å². The molecule has 1 aliphatic rings. The molecule has 0 saturated carbocycles. The number of likely N-dealkylation sites (tertiary alicyclic amines) is 1. The summed E-state index contributed by atoms with van der Waals surface area (Å²) in [6, 6.07) is 4.67. The normalized spacial score (nSPS) is 20.1. The molecule has 1 N–H and O–H groups in total. The second-order valence-corrected chi connectivity index (χ2v) is 6.32. The second kappa shape index (κ2) is 7.05. The third kappa shape index (κ3) is 3.44. The molecule has 1 aromatic rings. The number of halogens is 2. The Morgan fingerprint density at radius 2 is 2.17 bits per heavy atom. The van der Waals surface area contributed by atoms with Gasteiger partial charge >= 0.3 is 6.09 Å². The van der Waals surface area contributed by atoms with Gasteiger partial charge in [0, 0.05) is 18.3 Å². The van der Waals surface area contributed by atoms with E-state index < -0.39 is 29.8 Å². The van der Waals surface area contributed by atoms with E-state index in [0.717, 1.165) is 11.0 Å². The highest BCUT2D eigenvalue weighted by Crippen LogP contribution is 2.29. The lowest BCUT2D eigenvalue weighted by molar-refractivity contribution is -0.122. The minimum Gasteiger partial charge on any atom is -0.465 e. The van der Waals surface area contributed by atoms with Crippen LogP contribution in [0.4, 0.5) is 14.9 Å². The zero-order valence-electron chi connectivity index (χ0n) is 13.2. The molecule has 0 aliphatic carbocycles. The molecule has 128 valence electrons. The number of anilines is 1. The predicted molar refractivity (Wildman–Crippen MR) is 86.3 cm³/mol. The molecule has 24 heavy (non-hydrogen) atoms. The van der Waals surface area contributed by atoms with Crippen LogP contribution in [0.5, 0.6) is 0 Å². The molecule has 1 aliphatic heterocycles. The van der Waals surface area contributed by atoms with Crippen LogP contribution >= 0.6 is 11.6 Å². The van der Waals surface area contributed by atoms with Crippen molar-refractivity contribution in [2.45, 2.75) is 32.4 Å². The number of carboxylic acid groups (broad SMARTS) is 1. The highest BCUT2D eigenvalue weighted by Gasteiger charge is 2.42. The maximum atomic E-state index is 13.4. The maximum Gasteiger partial charge on any atom is 0.408 e. The quantitative estimate of drug-likeness (QED) is 0.904. The molecule has 2 amide bonds. The third-order valence-corrected chi connectivity index (χ3v) is 4.24. The number of hydrogen-bond acceptors (Lipinski definition) is 3. The van der Waals surface area contributed by atoms with E-state index in [2.05, 4.69) is 0 Å². The minimum absolute atomic E-state index is 0.00164. The van der Waals surface area contributed by atoms with Crippen LogP contribution in [0.15, 0.2) is 18.2 Å². The Hall–Kier alpha value is -2.33. The van der Waals surface area contributed by atoms with Crippen LogP contribution in [0.2, 0.25) is 5.02 Å². The molecule has 1 fully saturated rings. The molecule has 6 nitrogen and oxygen atoms in total. The molecule has 0 bridgehead atoms. The summed E-state index contributed by atoms with van der Waals surface area (Å²) in [7, 11) is 0. The minimum atomic E-state index is -1.24. The monoisotopic (exact) mass is 353 g/mol. The highest BCUT2D eigenvalue weighted by molar-refractivity contribution is 6.31. The van der Waals surface area contributed by atoms with Crippen molar-refractivity contribution in [2.24, 2.45) is 5.92 Å². The average Bonchev–Trinajstić information content (AvgIpc) is 2.95. The van der Waals surface area contributed by atoms with Gasteiger partial charge in [0.1, 0.15) is 11.9 Å². The van der Waals surface area contributed by atoms with Gasteiger partial charge in [0.25, 0.3) is 0 Å². The lowest BCUT2D eigenvalue weighted by atomic mass is 10.1. The van der Waals surface area contributed by atoms with Gasteiger partial charge in [0.2, 0.25) is 5.91 Å². The molecule has 8 heteroatoms. The van der Waals surface area contributed by atoms with E-state index in [0.29, 0.717) is 5.69 Å². The Morgan fingerprint density at radius 3 is 2.67 bits per heavy atom. The maximum absolute atomic E-state index is 13.4. The van der Waals surface area contributed by atoms with Gasteiger partial charge in [-0.25, -0.2) is 9.18 Å². The summed E-state index contributed by atoms with van der Waals surface area (Å²) in [6.45, 7) is 3.52. The van der Waals surface area contributed by atoms with Crippen molar-refractivity contribution in [3.05, 3.63) is 29.0 Å². The summed E-state index contributed by atoms with van der Waals surface area (Å²) in [6.07, 6.45) is -1.10. The van der Waals surface area contributed by atoms with Gasteiger partial charge in [-0.1, -0.05) is 11.6 Å². The Bertz CT molecular complexity index is 704. The number of carbonyl (C=O) groups is 2. The summed E-state index contributed by atoms with van der Waals surface area (Å²) < 4.78 is 13.4. The largest absolute Gasteiger partial charge is 0.465 e. The number of carbonyl (C=O) groups excluding carboxylic acids is 1. The smallest absolute Gasteiger partial charge is 0.408 e. The fourth-order valence-electron chi connectivity index (χ4n) is 2.85. The first kappa shape index (κ1) is 18.0. The number of rotatable bonds is 3. The molecular weight excluding hydrogens is 337 g/mol. The van der Waals surface area contributed by atoms with Crippen LogP contribution in [0.1, 0.15) is 20.3 Å². The van der Waals surface area contributed by atoms with Gasteiger partial charge in [-0.05, 0) is 38.5 Å². The average molecular weight is 354 g/mol. The summed E-state index contributed by atoms with van der Waals surface area (Å²) in [4.78, 5) is 26.7. The van der Waals surface area contributed by atoms with Crippen molar-refractivity contribution >= 4 is 29.3 Å². The standard InChI is InChI=1S/C16H17ClFN3O3/c1-9(2)21(11-3-4-13(18)12(17)6-11)15(22)14-5-10(7-19)8-20(14)16(23)24/h3-4,6,9-10,14H,5,8H2,1-2H3,(H,23,24). The second-order valence-electron chi connectivity index (χ2n) is 5.91. The van der Waals surface area contributed by atoms with E-state index in [4.69, 9.17) is 16.9 Å². The molecular formula is C16H17ClFN3O3. The predicted octanol–water partition coefficient (Wildman–Crippen LogP) is 3.11. The molecule has 2 atom stereocenters. The van der Waals surface area contributed by atoms with Crippen molar-refractivity contribution in [2.75, 3.05) is 11.4 Å². The van der Waals surface area contributed by atoms with Crippen molar-refractivity contribution in [1.29, 1.82) is 5.26 Å². The van der Waals surface area contributed by atoms with Gasteiger partial charge in [-0.2, -0.15) is 5.26 Å². The number of amides is 2. The summed E-state index contributed by atoms with van der Waals surface area (Å²) in [5.41, 5.74) is 0.382. The van der Waals surface area contributed by atoms with Crippen LogP contribution in [0.3, 0.4) is 0 Å². The van der Waals surface area contributed by atoms with E-state index in [-0.39, 0.29) is 24.0 Å². The van der Waals surface area contributed by atoms with Crippen LogP contribution < -0.4 is 4.90 Å². The number of nitrogens with zero attached hydrogens (tertiary/aromatic N) is 3. The van der Waals surface area contributed by atoms with E-state index >= 15 is 0 Å². The summed E-state index contributed by atoms with van der Waals surface area (Å²) in [5.74, 6) is -1.58. The van der Waals surface area contributed by atoms with E-state index in [1.54, 1.807) is 13.8 Å². The third-order valence-electron chi connectivity index (χ3n) is 3.95. The first-order valence-electron chi connectivity index (χ1n) is 7.43. The fraction of sp³-hybridized carbons (Fsp3) is 0.438. The number of nitriles is 1. The fourth-order valence-corrected chi connectivity index (χ4v) is 3.03. The lowest BCUT2D eigenvalue weighted by Crippen LogP contribution is -2.50. The number of benzene rings is 1. The first-order chi connectivity index (χ1) is 11.3. The molecule has 1 aromatic carbocycles. The van der Waals surface area contributed by atoms with Crippen molar-refractivity contribution < 1.29 is 19.1 Å². The Morgan fingerprint density at radius 1 is 1.50 bits per heavy atom. The SMILES string of the molecule is CC(C)N(C(=O)C1CC(C#N)CN1C(=O)O)c1ccc(F)c(Cl)c1.